The van der Waals surface area contributed by atoms with Crippen molar-refractivity contribution in [3.05, 3.63) is 0 Å². The van der Waals surface area contributed by atoms with E-state index in [1.54, 1.807) is 14.0 Å². The summed E-state index contributed by atoms with van der Waals surface area (Å²) in [5.41, 5.74) is 0. The van der Waals surface area contributed by atoms with Crippen LogP contribution in [0.15, 0.2) is 0 Å². The van der Waals surface area contributed by atoms with E-state index in [1.807, 2.05) is 22.6 Å². The lowest BCUT2D eigenvalue weighted by molar-refractivity contribution is 0.0153. The van der Waals surface area contributed by atoms with Gasteiger partial charge < -0.3 is 18.9 Å². The molecule has 0 aliphatic heterocycles. The Balaban J connectivity index is 3.15. The van der Waals surface area contributed by atoms with Crippen molar-refractivity contribution in [1.82, 2.24) is 0 Å². The van der Waals surface area contributed by atoms with E-state index in [9.17, 15) is 4.79 Å². The SMILES string of the molecule is COCCOCCOC(=O)OC(C)I. The van der Waals surface area contributed by atoms with E-state index in [4.69, 9.17) is 18.9 Å². The molecule has 84 valence electrons. The monoisotopic (exact) mass is 318 g/mol. The molecule has 5 nitrogen and oxygen atoms in total. The molecular weight excluding hydrogens is 303 g/mol. The van der Waals surface area contributed by atoms with Crippen LogP contribution in [-0.2, 0) is 18.9 Å². The predicted octanol–water partition coefficient (Wildman–Crippen LogP) is 1.58. The van der Waals surface area contributed by atoms with Crippen molar-refractivity contribution in [2.75, 3.05) is 33.5 Å². The van der Waals surface area contributed by atoms with Gasteiger partial charge in [-0.15, -0.1) is 0 Å². The first-order chi connectivity index (χ1) is 6.66. The Morgan fingerprint density at radius 2 is 1.93 bits per heavy atom. The molecule has 0 spiro atoms. The lowest BCUT2D eigenvalue weighted by Gasteiger charge is -2.07. The second-order valence-corrected chi connectivity index (χ2v) is 4.12. The molecule has 0 aromatic carbocycles. The Kier molecular flexibility index (Phi) is 9.42. The van der Waals surface area contributed by atoms with Gasteiger partial charge in [-0.3, -0.25) is 0 Å². The first kappa shape index (κ1) is 13.9. The van der Waals surface area contributed by atoms with Gasteiger partial charge in [0, 0.05) is 7.11 Å². The molecule has 0 N–H and O–H groups in total. The molecule has 14 heavy (non-hydrogen) atoms. The van der Waals surface area contributed by atoms with Crippen molar-refractivity contribution >= 4 is 28.7 Å². The lowest BCUT2D eigenvalue weighted by atomic mass is 10.7. The summed E-state index contributed by atoms with van der Waals surface area (Å²) >= 11 is 1.97. The molecule has 0 radical (unpaired) electrons. The van der Waals surface area contributed by atoms with Crippen LogP contribution in [0, 0.1) is 0 Å². The summed E-state index contributed by atoms with van der Waals surface area (Å²) in [6.45, 7) is 3.34. The first-order valence-electron chi connectivity index (χ1n) is 4.21. The maximum absolute atomic E-state index is 10.8. The molecule has 0 heterocycles. The van der Waals surface area contributed by atoms with Gasteiger partial charge in [0.05, 0.1) is 19.8 Å². The van der Waals surface area contributed by atoms with E-state index in [0.29, 0.717) is 19.8 Å². The highest BCUT2D eigenvalue weighted by atomic mass is 127. The Morgan fingerprint density at radius 3 is 2.50 bits per heavy atom. The van der Waals surface area contributed by atoms with Gasteiger partial charge in [0.2, 0.25) is 0 Å². The van der Waals surface area contributed by atoms with E-state index in [1.165, 1.54) is 0 Å². The third-order valence-electron chi connectivity index (χ3n) is 1.14. The summed E-state index contributed by atoms with van der Waals surface area (Å²) in [5, 5.41) is 0. The topological polar surface area (TPSA) is 54.0 Å². The van der Waals surface area contributed by atoms with Crippen molar-refractivity contribution in [1.29, 1.82) is 0 Å². The van der Waals surface area contributed by atoms with Crippen LogP contribution in [0.4, 0.5) is 4.79 Å². The van der Waals surface area contributed by atoms with Crippen molar-refractivity contribution in [2.24, 2.45) is 0 Å². The number of carbonyl (C=O) groups excluding carboxylic acids is 1. The third-order valence-corrected chi connectivity index (χ3v) is 1.39. The largest absolute Gasteiger partial charge is 0.509 e. The summed E-state index contributed by atoms with van der Waals surface area (Å²) in [5.74, 6) is 0. The average molecular weight is 318 g/mol. The standard InChI is InChI=1S/C8H15IO5/c1-7(9)14-8(10)13-6-5-12-4-3-11-2/h7H,3-6H2,1-2H3. The van der Waals surface area contributed by atoms with Gasteiger partial charge >= 0.3 is 6.16 Å². The molecule has 0 saturated carbocycles. The molecule has 0 aliphatic carbocycles. The molecule has 0 aromatic rings. The van der Waals surface area contributed by atoms with Gasteiger partial charge in [0.15, 0.2) is 4.11 Å². The number of alkyl halides is 1. The zero-order valence-electron chi connectivity index (χ0n) is 8.32. The van der Waals surface area contributed by atoms with Crippen LogP contribution in [0.5, 0.6) is 0 Å². The van der Waals surface area contributed by atoms with Gasteiger partial charge in [0.25, 0.3) is 0 Å². The number of hydrogen-bond donors (Lipinski definition) is 0. The fourth-order valence-electron chi connectivity index (χ4n) is 0.595. The maximum atomic E-state index is 10.8. The van der Waals surface area contributed by atoms with E-state index >= 15 is 0 Å². The number of rotatable bonds is 7. The second kappa shape index (κ2) is 9.47. The molecule has 6 heteroatoms. The molecule has 0 amide bonds. The third kappa shape index (κ3) is 10.0. The Bertz CT molecular complexity index is 151. The quantitative estimate of drug-likeness (QED) is 0.309. The summed E-state index contributed by atoms with van der Waals surface area (Å²) < 4.78 is 19.1. The zero-order chi connectivity index (χ0) is 10.8. The van der Waals surface area contributed by atoms with E-state index in [0.717, 1.165) is 0 Å². The van der Waals surface area contributed by atoms with Gasteiger partial charge in [0.1, 0.15) is 6.61 Å². The molecular formula is C8H15IO5. The van der Waals surface area contributed by atoms with Crippen LogP contribution in [0.2, 0.25) is 0 Å². The minimum Gasteiger partial charge on any atom is -0.432 e. The smallest absolute Gasteiger partial charge is 0.432 e. The van der Waals surface area contributed by atoms with E-state index < -0.39 is 6.16 Å². The number of carbonyl (C=O) groups is 1. The van der Waals surface area contributed by atoms with Crippen LogP contribution in [-0.4, -0.2) is 43.8 Å². The molecule has 0 saturated heterocycles. The number of halogens is 1. The molecule has 0 rings (SSSR count). The van der Waals surface area contributed by atoms with Gasteiger partial charge in [-0.2, -0.15) is 0 Å². The molecule has 0 bridgehead atoms. The lowest BCUT2D eigenvalue weighted by Crippen LogP contribution is -2.15. The van der Waals surface area contributed by atoms with E-state index in [2.05, 4.69) is 0 Å². The Morgan fingerprint density at radius 1 is 1.29 bits per heavy atom. The molecule has 1 unspecified atom stereocenters. The maximum Gasteiger partial charge on any atom is 0.509 e. The average Bonchev–Trinajstić information content (AvgIpc) is 2.10. The van der Waals surface area contributed by atoms with Gasteiger partial charge in [-0.1, -0.05) is 0 Å². The number of ether oxygens (including phenoxy) is 4. The number of methoxy groups -OCH3 is 1. The van der Waals surface area contributed by atoms with Gasteiger partial charge in [-0.05, 0) is 29.5 Å². The molecule has 0 fully saturated rings. The van der Waals surface area contributed by atoms with Crippen LogP contribution in [0.1, 0.15) is 6.92 Å². The minimum atomic E-state index is -0.665. The minimum absolute atomic E-state index is 0.186. The summed E-state index contributed by atoms with van der Waals surface area (Å²) in [6.07, 6.45) is -0.665. The van der Waals surface area contributed by atoms with Crippen molar-refractivity contribution in [3.63, 3.8) is 0 Å². The highest BCUT2D eigenvalue weighted by molar-refractivity contribution is 14.1. The summed E-state index contributed by atoms with van der Waals surface area (Å²) in [7, 11) is 1.60. The van der Waals surface area contributed by atoms with Crippen LogP contribution >= 0.6 is 22.6 Å². The van der Waals surface area contributed by atoms with Crippen molar-refractivity contribution in [2.45, 2.75) is 11.0 Å². The first-order valence-corrected chi connectivity index (χ1v) is 5.45. The fourth-order valence-corrected chi connectivity index (χ4v) is 0.802. The van der Waals surface area contributed by atoms with Crippen molar-refractivity contribution < 1.29 is 23.7 Å². The zero-order valence-corrected chi connectivity index (χ0v) is 10.5. The van der Waals surface area contributed by atoms with Crippen LogP contribution in [0.3, 0.4) is 0 Å². The highest BCUT2D eigenvalue weighted by Crippen LogP contribution is 2.01. The molecule has 1 atom stereocenters. The second-order valence-electron chi connectivity index (χ2n) is 2.36. The fraction of sp³-hybridized carbons (Fsp3) is 0.875. The summed E-state index contributed by atoms with van der Waals surface area (Å²) in [6, 6.07) is 0. The highest BCUT2D eigenvalue weighted by Gasteiger charge is 2.06. The predicted molar refractivity (Wildman–Crippen MR) is 58.6 cm³/mol. The van der Waals surface area contributed by atoms with E-state index in [-0.39, 0.29) is 10.7 Å². The van der Waals surface area contributed by atoms with Gasteiger partial charge in [-0.25, -0.2) is 4.79 Å². The summed E-state index contributed by atoms with van der Waals surface area (Å²) in [4.78, 5) is 10.8. The Labute approximate surface area is 97.2 Å². The van der Waals surface area contributed by atoms with Crippen molar-refractivity contribution in [3.8, 4) is 0 Å². The molecule has 0 aromatic heterocycles. The molecule has 0 aliphatic rings. The number of hydrogen-bond acceptors (Lipinski definition) is 5. The van der Waals surface area contributed by atoms with Crippen LogP contribution < -0.4 is 0 Å². The normalized spacial score (nSPS) is 12.2. The Hall–Kier alpha value is -0.0800. The van der Waals surface area contributed by atoms with Crippen LogP contribution in [0.25, 0.3) is 0 Å².